The quantitative estimate of drug-likeness (QED) is 0.453. The molecule has 1 aliphatic rings. The normalized spacial score (nSPS) is 15.9. The Kier molecular flexibility index (Phi) is 4.69. The van der Waals surface area contributed by atoms with Gasteiger partial charge in [-0.2, -0.15) is 5.26 Å². The third kappa shape index (κ3) is 3.22. The first-order valence-corrected chi connectivity index (χ1v) is 5.23. The highest BCUT2D eigenvalue weighted by molar-refractivity contribution is 5.94. The number of ether oxygens (including phenoxy) is 2. The molecule has 0 radical (unpaired) electrons. The molecule has 0 atom stereocenters. The molecule has 0 amide bonds. The lowest BCUT2D eigenvalue weighted by atomic mass is 10.1. The van der Waals surface area contributed by atoms with E-state index in [4.69, 9.17) is 14.7 Å². The zero-order valence-corrected chi connectivity index (χ0v) is 10.0. The predicted molar refractivity (Wildman–Crippen MR) is 61.4 cm³/mol. The molecule has 0 aliphatic carbocycles. The highest BCUT2D eigenvalue weighted by Gasteiger charge is 2.22. The first-order chi connectivity index (χ1) is 8.60. The number of carbonyl (C=O) groups excluding carboxylic acids is 2. The van der Waals surface area contributed by atoms with Gasteiger partial charge in [0.05, 0.1) is 6.61 Å². The molecule has 18 heavy (non-hydrogen) atoms. The van der Waals surface area contributed by atoms with Crippen LogP contribution in [0.1, 0.15) is 13.8 Å². The SMILES string of the molecule is CCOC(=O)/C(C#N)=C1/NC=CC=C1OC(C)=O. The summed E-state index contributed by atoms with van der Waals surface area (Å²) in [5, 5.41) is 11.7. The lowest BCUT2D eigenvalue weighted by Gasteiger charge is -2.15. The van der Waals surface area contributed by atoms with Gasteiger partial charge in [-0.15, -0.1) is 0 Å². The van der Waals surface area contributed by atoms with Crippen molar-refractivity contribution < 1.29 is 19.1 Å². The van der Waals surface area contributed by atoms with Crippen molar-refractivity contribution >= 4 is 11.9 Å². The van der Waals surface area contributed by atoms with E-state index in [9.17, 15) is 9.59 Å². The monoisotopic (exact) mass is 248 g/mol. The van der Waals surface area contributed by atoms with Crippen LogP contribution in [0.25, 0.3) is 0 Å². The second kappa shape index (κ2) is 6.25. The summed E-state index contributed by atoms with van der Waals surface area (Å²) in [6.45, 7) is 3.02. The third-order valence-corrected chi connectivity index (χ3v) is 1.91. The van der Waals surface area contributed by atoms with Crippen LogP contribution in [-0.2, 0) is 19.1 Å². The second-order valence-electron chi connectivity index (χ2n) is 3.21. The number of rotatable bonds is 3. The molecule has 0 aromatic carbocycles. The molecule has 0 bridgehead atoms. The number of nitriles is 1. The van der Waals surface area contributed by atoms with Crippen LogP contribution < -0.4 is 5.32 Å². The maximum atomic E-state index is 11.6. The minimum atomic E-state index is -0.768. The van der Waals surface area contributed by atoms with Gasteiger partial charge < -0.3 is 14.8 Å². The lowest BCUT2D eigenvalue weighted by molar-refractivity contribution is -0.139. The summed E-state index contributed by atoms with van der Waals surface area (Å²) in [5.74, 6) is -1.21. The number of dihydropyridines is 1. The zero-order chi connectivity index (χ0) is 13.5. The van der Waals surface area contributed by atoms with E-state index in [1.54, 1.807) is 19.1 Å². The van der Waals surface area contributed by atoms with Crippen molar-refractivity contribution in [2.24, 2.45) is 0 Å². The van der Waals surface area contributed by atoms with Gasteiger partial charge in [-0.1, -0.05) is 0 Å². The number of esters is 2. The number of allylic oxidation sites excluding steroid dienone is 2. The Morgan fingerprint density at radius 1 is 1.50 bits per heavy atom. The van der Waals surface area contributed by atoms with E-state index >= 15 is 0 Å². The van der Waals surface area contributed by atoms with Crippen LogP contribution >= 0.6 is 0 Å². The van der Waals surface area contributed by atoms with Crippen LogP contribution in [0.15, 0.2) is 35.4 Å². The Morgan fingerprint density at radius 2 is 2.22 bits per heavy atom. The molecule has 6 heteroatoms. The van der Waals surface area contributed by atoms with E-state index in [0.717, 1.165) is 0 Å². The molecule has 1 rings (SSSR count). The van der Waals surface area contributed by atoms with Gasteiger partial charge in [0, 0.05) is 13.1 Å². The van der Waals surface area contributed by atoms with E-state index < -0.39 is 11.9 Å². The highest BCUT2D eigenvalue weighted by Crippen LogP contribution is 2.18. The van der Waals surface area contributed by atoms with Gasteiger partial charge in [0.2, 0.25) is 0 Å². The molecule has 0 fully saturated rings. The number of carbonyl (C=O) groups is 2. The highest BCUT2D eigenvalue weighted by atomic mass is 16.5. The number of nitrogens with zero attached hydrogens (tertiary/aromatic N) is 1. The molecule has 6 nitrogen and oxygen atoms in total. The molecule has 94 valence electrons. The smallest absolute Gasteiger partial charge is 0.351 e. The lowest BCUT2D eigenvalue weighted by Crippen LogP contribution is -2.20. The Bertz CT molecular complexity index is 495. The third-order valence-electron chi connectivity index (χ3n) is 1.91. The minimum absolute atomic E-state index is 0.106. The Labute approximate surface area is 104 Å². The first-order valence-electron chi connectivity index (χ1n) is 5.23. The van der Waals surface area contributed by atoms with Gasteiger partial charge >= 0.3 is 11.9 Å². The molecule has 0 saturated heterocycles. The molecular formula is C12H12N2O4. The van der Waals surface area contributed by atoms with E-state index in [0.29, 0.717) is 0 Å². The predicted octanol–water partition coefficient (Wildman–Crippen LogP) is 0.891. The maximum Gasteiger partial charge on any atom is 0.351 e. The second-order valence-corrected chi connectivity index (χ2v) is 3.21. The minimum Gasteiger partial charge on any atom is -0.462 e. The average Bonchev–Trinajstić information content (AvgIpc) is 2.32. The summed E-state index contributed by atoms with van der Waals surface area (Å²) >= 11 is 0. The summed E-state index contributed by atoms with van der Waals surface area (Å²) < 4.78 is 9.66. The van der Waals surface area contributed by atoms with Crippen LogP contribution in [0.3, 0.4) is 0 Å². The molecule has 0 spiro atoms. The van der Waals surface area contributed by atoms with Crippen LogP contribution in [0.5, 0.6) is 0 Å². The van der Waals surface area contributed by atoms with Gasteiger partial charge in [-0.25, -0.2) is 4.79 Å². The molecule has 0 saturated carbocycles. The van der Waals surface area contributed by atoms with Gasteiger partial charge in [-0.05, 0) is 19.1 Å². The standard InChI is InChI=1S/C12H12N2O4/c1-3-17-12(16)9(7-13)11-10(18-8(2)15)5-4-6-14-11/h4-6,14H,3H2,1-2H3/b11-9+. The van der Waals surface area contributed by atoms with Gasteiger partial charge in [-0.3, -0.25) is 4.79 Å². The van der Waals surface area contributed by atoms with E-state index in [-0.39, 0.29) is 23.6 Å². The molecule has 1 aliphatic heterocycles. The number of hydrogen-bond acceptors (Lipinski definition) is 6. The fourth-order valence-corrected chi connectivity index (χ4v) is 1.26. The van der Waals surface area contributed by atoms with Crippen LogP contribution in [0.2, 0.25) is 0 Å². The zero-order valence-electron chi connectivity index (χ0n) is 10.0. The summed E-state index contributed by atoms with van der Waals surface area (Å²) in [5.41, 5.74) is -0.123. The summed E-state index contributed by atoms with van der Waals surface area (Å²) in [6.07, 6.45) is 4.57. The molecule has 0 aromatic rings. The summed E-state index contributed by atoms with van der Waals surface area (Å²) in [4.78, 5) is 22.5. The summed E-state index contributed by atoms with van der Waals surface area (Å²) in [7, 11) is 0. The maximum absolute atomic E-state index is 11.6. The van der Waals surface area contributed by atoms with Crippen molar-refractivity contribution in [1.29, 1.82) is 5.26 Å². The fraction of sp³-hybridized carbons (Fsp3) is 0.250. The van der Waals surface area contributed by atoms with Gasteiger partial charge in [0.1, 0.15) is 11.8 Å². The van der Waals surface area contributed by atoms with E-state index in [1.807, 2.05) is 0 Å². The van der Waals surface area contributed by atoms with Crippen molar-refractivity contribution in [2.75, 3.05) is 6.61 Å². The molecular weight excluding hydrogens is 236 g/mol. The van der Waals surface area contributed by atoms with Crippen molar-refractivity contribution in [1.82, 2.24) is 5.32 Å². The van der Waals surface area contributed by atoms with E-state index in [1.165, 1.54) is 19.2 Å². The molecule has 1 heterocycles. The Balaban J connectivity index is 3.13. The molecule has 0 aromatic heterocycles. The van der Waals surface area contributed by atoms with Crippen LogP contribution in [0, 0.1) is 11.3 Å². The Morgan fingerprint density at radius 3 is 2.78 bits per heavy atom. The van der Waals surface area contributed by atoms with Crippen molar-refractivity contribution in [3.63, 3.8) is 0 Å². The van der Waals surface area contributed by atoms with Crippen LogP contribution in [-0.4, -0.2) is 18.5 Å². The topological polar surface area (TPSA) is 88.4 Å². The van der Waals surface area contributed by atoms with Crippen molar-refractivity contribution in [3.8, 4) is 6.07 Å². The summed E-state index contributed by atoms with van der Waals surface area (Å²) in [6, 6.07) is 1.74. The average molecular weight is 248 g/mol. The van der Waals surface area contributed by atoms with E-state index in [2.05, 4.69) is 5.32 Å². The van der Waals surface area contributed by atoms with Crippen LogP contribution in [0.4, 0.5) is 0 Å². The van der Waals surface area contributed by atoms with Crippen molar-refractivity contribution in [2.45, 2.75) is 13.8 Å². The van der Waals surface area contributed by atoms with Gasteiger partial charge in [0.15, 0.2) is 11.3 Å². The number of hydrogen-bond donors (Lipinski definition) is 1. The number of nitrogens with one attached hydrogen (secondary N) is 1. The Hall–Kier alpha value is -2.55. The molecule has 1 N–H and O–H groups in total. The van der Waals surface area contributed by atoms with Gasteiger partial charge in [0.25, 0.3) is 0 Å². The first kappa shape index (κ1) is 13.5. The largest absolute Gasteiger partial charge is 0.462 e. The molecule has 0 unspecified atom stereocenters. The fourth-order valence-electron chi connectivity index (χ4n) is 1.26. The van der Waals surface area contributed by atoms with Crippen molar-refractivity contribution in [3.05, 3.63) is 35.4 Å².